The van der Waals surface area contributed by atoms with Crippen molar-refractivity contribution in [3.8, 4) is 5.75 Å². The van der Waals surface area contributed by atoms with Crippen molar-refractivity contribution < 1.29 is 15.0 Å². The molecular formula is C11H13O3-. The van der Waals surface area contributed by atoms with Crippen LogP contribution in [0.2, 0.25) is 0 Å². The zero-order valence-corrected chi connectivity index (χ0v) is 8.12. The minimum Gasteiger partial charge on any atom is -0.872 e. The van der Waals surface area contributed by atoms with Gasteiger partial charge in [0.2, 0.25) is 0 Å². The summed E-state index contributed by atoms with van der Waals surface area (Å²) in [7, 11) is 0. The van der Waals surface area contributed by atoms with Crippen LogP contribution in [0.5, 0.6) is 5.75 Å². The Kier molecular flexibility index (Phi) is 3.51. The summed E-state index contributed by atoms with van der Waals surface area (Å²) in [4.78, 5) is 10.8. The maximum Gasteiger partial charge on any atom is 0.335 e. The Balaban J connectivity index is 2.97. The third kappa shape index (κ3) is 2.49. The van der Waals surface area contributed by atoms with Gasteiger partial charge in [0, 0.05) is 0 Å². The van der Waals surface area contributed by atoms with Crippen LogP contribution in [0.15, 0.2) is 18.2 Å². The van der Waals surface area contributed by atoms with E-state index in [4.69, 9.17) is 5.11 Å². The van der Waals surface area contributed by atoms with Crippen LogP contribution in [0.25, 0.3) is 0 Å². The lowest BCUT2D eigenvalue weighted by Gasteiger charge is -2.10. The molecule has 0 aliphatic heterocycles. The second-order valence-corrected chi connectivity index (χ2v) is 3.23. The van der Waals surface area contributed by atoms with Gasteiger partial charge in [-0.25, -0.2) is 4.79 Å². The van der Waals surface area contributed by atoms with E-state index in [-0.39, 0.29) is 11.3 Å². The van der Waals surface area contributed by atoms with E-state index in [0.29, 0.717) is 12.0 Å². The first-order valence-electron chi connectivity index (χ1n) is 4.68. The standard InChI is InChI=1S/C11H14O3/c1-2-3-4-8-7-9(12)5-6-10(8)11(13)14/h5-7,12H,2-4H2,1H3,(H,13,14)/p-1. The fraction of sp³-hybridized carbons (Fsp3) is 0.364. The molecule has 0 heterocycles. The molecule has 1 rings (SSSR count). The normalized spacial score (nSPS) is 10.1. The molecule has 0 saturated heterocycles. The third-order valence-corrected chi connectivity index (χ3v) is 2.11. The van der Waals surface area contributed by atoms with E-state index < -0.39 is 5.97 Å². The number of unbranched alkanes of at least 4 members (excludes halogenated alkanes) is 1. The number of carbonyl (C=O) groups is 1. The molecule has 0 spiro atoms. The fourth-order valence-corrected chi connectivity index (χ4v) is 1.35. The predicted molar refractivity (Wildman–Crippen MR) is 51.5 cm³/mol. The van der Waals surface area contributed by atoms with Crippen molar-refractivity contribution in [2.45, 2.75) is 26.2 Å². The van der Waals surface area contributed by atoms with Gasteiger partial charge in [-0.15, -0.1) is 5.75 Å². The van der Waals surface area contributed by atoms with Crippen molar-refractivity contribution in [1.29, 1.82) is 0 Å². The molecule has 0 radical (unpaired) electrons. The third-order valence-electron chi connectivity index (χ3n) is 2.11. The first kappa shape index (κ1) is 10.6. The Hall–Kier alpha value is -1.51. The highest BCUT2D eigenvalue weighted by Crippen LogP contribution is 2.17. The van der Waals surface area contributed by atoms with E-state index in [2.05, 4.69) is 0 Å². The van der Waals surface area contributed by atoms with E-state index in [1.807, 2.05) is 6.92 Å². The molecule has 0 bridgehead atoms. The fourth-order valence-electron chi connectivity index (χ4n) is 1.35. The van der Waals surface area contributed by atoms with Crippen molar-refractivity contribution >= 4 is 5.97 Å². The molecule has 3 heteroatoms. The Labute approximate surface area is 83.0 Å². The molecule has 3 nitrogen and oxygen atoms in total. The number of aromatic carboxylic acids is 1. The smallest absolute Gasteiger partial charge is 0.335 e. The Bertz CT molecular complexity index is 331. The zero-order chi connectivity index (χ0) is 10.6. The van der Waals surface area contributed by atoms with Crippen molar-refractivity contribution in [1.82, 2.24) is 0 Å². The molecule has 0 unspecified atom stereocenters. The highest BCUT2D eigenvalue weighted by atomic mass is 16.4. The lowest BCUT2D eigenvalue weighted by Crippen LogP contribution is -2.04. The van der Waals surface area contributed by atoms with Crippen molar-refractivity contribution in [2.24, 2.45) is 0 Å². The van der Waals surface area contributed by atoms with E-state index in [9.17, 15) is 9.90 Å². The van der Waals surface area contributed by atoms with Crippen LogP contribution in [-0.2, 0) is 6.42 Å². The summed E-state index contributed by atoms with van der Waals surface area (Å²) >= 11 is 0. The number of benzene rings is 1. The SMILES string of the molecule is CCCCc1cc([O-])ccc1C(=O)O. The van der Waals surface area contributed by atoms with Gasteiger partial charge in [-0.05, 0) is 24.5 Å². The summed E-state index contributed by atoms with van der Waals surface area (Å²) in [5.74, 6) is -1.09. The van der Waals surface area contributed by atoms with Crippen molar-refractivity contribution in [3.05, 3.63) is 29.3 Å². The summed E-state index contributed by atoms with van der Waals surface area (Å²) in [6, 6.07) is 4.09. The number of aryl methyl sites for hydroxylation is 1. The van der Waals surface area contributed by atoms with Crippen molar-refractivity contribution in [3.63, 3.8) is 0 Å². The highest BCUT2D eigenvalue weighted by Gasteiger charge is 2.07. The topological polar surface area (TPSA) is 60.4 Å². The summed E-state index contributed by atoms with van der Waals surface area (Å²) in [5.41, 5.74) is 0.893. The molecule has 1 N–H and O–H groups in total. The number of carboxylic acids is 1. The lowest BCUT2D eigenvalue weighted by atomic mass is 10.0. The van der Waals surface area contributed by atoms with Crippen LogP contribution in [0.4, 0.5) is 0 Å². The van der Waals surface area contributed by atoms with Gasteiger partial charge in [0.25, 0.3) is 0 Å². The predicted octanol–water partition coefficient (Wildman–Crippen LogP) is 1.80. The molecule has 0 fully saturated rings. The van der Waals surface area contributed by atoms with E-state index in [1.165, 1.54) is 18.2 Å². The second-order valence-electron chi connectivity index (χ2n) is 3.23. The number of carboxylic acid groups (broad SMARTS) is 1. The van der Waals surface area contributed by atoms with Gasteiger partial charge in [-0.2, -0.15) is 0 Å². The van der Waals surface area contributed by atoms with Gasteiger partial charge in [0.15, 0.2) is 0 Å². The molecule has 0 aliphatic carbocycles. The van der Waals surface area contributed by atoms with Gasteiger partial charge in [-0.1, -0.05) is 25.5 Å². The number of hydrogen-bond donors (Lipinski definition) is 1. The summed E-state index contributed by atoms with van der Waals surface area (Å²) in [6.45, 7) is 2.03. The van der Waals surface area contributed by atoms with Gasteiger partial charge in [0.05, 0.1) is 5.56 Å². The molecule has 0 aromatic heterocycles. The molecule has 1 aromatic carbocycles. The zero-order valence-electron chi connectivity index (χ0n) is 8.12. The average Bonchev–Trinajstić information content (AvgIpc) is 2.14. The molecule has 76 valence electrons. The van der Waals surface area contributed by atoms with Gasteiger partial charge < -0.3 is 10.2 Å². The molecule has 14 heavy (non-hydrogen) atoms. The molecule has 0 atom stereocenters. The molecular weight excluding hydrogens is 180 g/mol. The minimum absolute atomic E-state index is 0.124. The highest BCUT2D eigenvalue weighted by molar-refractivity contribution is 5.89. The quantitative estimate of drug-likeness (QED) is 0.793. The molecule has 0 saturated carbocycles. The van der Waals surface area contributed by atoms with Crippen LogP contribution < -0.4 is 5.11 Å². The summed E-state index contributed by atoms with van der Waals surface area (Å²) in [6.07, 6.45) is 2.56. The van der Waals surface area contributed by atoms with Gasteiger partial charge in [0.1, 0.15) is 0 Å². The van der Waals surface area contributed by atoms with Crippen LogP contribution in [0.3, 0.4) is 0 Å². The first-order valence-corrected chi connectivity index (χ1v) is 4.68. The number of hydrogen-bond acceptors (Lipinski definition) is 2. The Morgan fingerprint density at radius 3 is 2.79 bits per heavy atom. The maximum absolute atomic E-state index is 11.0. The Morgan fingerprint density at radius 2 is 2.21 bits per heavy atom. The second kappa shape index (κ2) is 4.65. The van der Waals surface area contributed by atoms with Gasteiger partial charge >= 0.3 is 5.97 Å². The van der Waals surface area contributed by atoms with E-state index in [1.54, 1.807) is 0 Å². The van der Waals surface area contributed by atoms with Crippen LogP contribution in [0.1, 0.15) is 35.7 Å². The molecule has 1 aromatic rings. The number of rotatable bonds is 4. The molecule has 0 amide bonds. The van der Waals surface area contributed by atoms with Gasteiger partial charge in [-0.3, -0.25) is 0 Å². The van der Waals surface area contributed by atoms with E-state index >= 15 is 0 Å². The van der Waals surface area contributed by atoms with Crippen molar-refractivity contribution in [2.75, 3.05) is 0 Å². The lowest BCUT2D eigenvalue weighted by molar-refractivity contribution is -0.268. The van der Waals surface area contributed by atoms with Crippen LogP contribution >= 0.6 is 0 Å². The average molecular weight is 193 g/mol. The maximum atomic E-state index is 11.0. The monoisotopic (exact) mass is 193 g/mol. The van der Waals surface area contributed by atoms with Crippen LogP contribution in [-0.4, -0.2) is 11.1 Å². The molecule has 0 aliphatic rings. The summed E-state index contributed by atoms with van der Waals surface area (Å²) in [5, 5.41) is 19.9. The Morgan fingerprint density at radius 1 is 1.50 bits per heavy atom. The van der Waals surface area contributed by atoms with E-state index in [0.717, 1.165) is 12.8 Å². The van der Waals surface area contributed by atoms with Crippen LogP contribution in [0, 0.1) is 0 Å². The minimum atomic E-state index is -0.962. The first-order chi connectivity index (χ1) is 6.65. The largest absolute Gasteiger partial charge is 0.872 e. The summed E-state index contributed by atoms with van der Waals surface area (Å²) < 4.78 is 0.